The Labute approximate surface area is 328 Å². The molecule has 298 valence electrons. The Morgan fingerprint density at radius 2 is 1.30 bits per heavy atom. The largest absolute Gasteiger partial charge is 0.368 e. The first kappa shape index (κ1) is 41.2. The highest BCUT2D eigenvalue weighted by Crippen LogP contribution is 2.19. The first-order valence-electron chi connectivity index (χ1n) is 18.3. The molecule has 1 unspecified atom stereocenters. The highest BCUT2D eigenvalue weighted by molar-refractivity contribution is 5.96. The molecule has 17 nitrogen and oxygen atoms in total. The van der Waals surface area contributed by atoms with Gasteiger partial charge in [-0.15, -0.1) is 0 Å². The summed E-state index contributed by atoms with van der Waals surface area (Å²) in [5, 5.41) is 12.5. The van der Waals surface area contributed by atoms with E-state index in [1.807, 2.05) is 30.3 Å². The third-order valence-corrected chi connectivity index (χ3v) is 9.17. The van der Waals surface area contributed by atoms with E-state index in [-0.39, 0.29) is 25.8 Å². The van der Waals surface area contributed by atoms with Crippen molar-refractivity contribution in [2.45, 2.75) is 69.9 Å². The fourth-order valence-electron chi connectivity index (χ4n) is 5.94. The maximum atomic E-state index is 14.2. The Morgan fingerprint density at radius 1 is 0.684 bits per heavy atom. The van der Waals surface area contributed by atoms with Gasteiger partial charge in [-0.2, -0.15) is 0 Å². The van der Waals surface area contributed by atoms with Crippen molar-refractivity contribution >= 4 is 46.5 Å². The van der Waals surface area contributed by atoms with Gasteiger partial charge in [0.15, 0.2) is 0 Å². The van der Waals surface area contributed by atoms with Crippen molar-refractivity contribution in [2.24, 2.45) is 11.5 Å². The predicted octanol–water partition coefficient (Wildman–Crippen LogP) is 0.837. The molecule has 11 N–H and O–H groups in total. The SMILES string of the molecule is C[C@H](NC(=O)[C@@H](Cc1ccccc1)NC(=O)[C@H](Cc1c[nH]c2ccccc12)NC(=O)[C@H](C)NC(=O)N(Cc1ccccc1)NC(=O)C(N)Cc1cnc[nH]1)C(N)=O. The van der Waals surface area contributed by atoms with Gasteiger partial charge in [0.25, 0.3) is 5.91 Å². The Hall–Kier alpha value is -7.01. The van der Waals surface area contributed by atoms with Gasteiger partial charge >= 0.3 is 6.03 Å². The van der Waals surface area contributed by atoms with Gasteiger partial charge in [0, 0.05) is 48.3 Å². The molecule has 3 aromatic carbocycles. The summed E-state index contributed by atoms with van der Waals surface area (Å²) in [5.74, 6) is -3.48. The highest BCUT2D eigenvalue weighted by Gasteiger charge is 2.31. The third-order valence-electron chi connectivity index (χ3n) is 9.17. The van der Waals surface area contributed by atoms with Crippen molar-refractivity contribution in [3.63, 3.8) is 0 Å². The summed E-state index contributed by atoms with van der Waals surface area (Å²) in [6.07, 6.45) is 4.93. The number of rotatable bonds is 17. The van der Waals surface area contributed by atoms with Crippen LogP contribution in [0.3, 0.4) is 0 Å². The lowest BCUT2D eigenvalue weighted by Gasteiger charge is -2.28. The number of carbonyl (C=O) groups is 6. The summed E-state index contributed by atoms with van der Waals surface area (Å²) in [5.41, 5.74) is 17.6. The van der Waals surface area contributed by atoms with Crippen LogP contribution in [-0.2, 0) is 49.8 Å². The van der Waals surface area contributed by atoms with Crippen LogP contribution < -0.4 is 38.2 Å². The average Bonchev–Trinajstić information content (AvgIpc) is 3.87. The van der Waals surface area contributed by atoms with E-state index < -0.39 is 65.8 Å². The average molecular weight is 778 g/mol. The number of aromatic amines is 2. The smallest absolute Gasteiger partial charge is 0.337 e. The van der Waals surface area contributed by atoms with E-state index in [0.717, 1.165) is 21.5 Å². The van der Waals surface area contributed by atoms with Gasteiger partial charge in [0.2, 0.25) is 23.6 Å². The number of imidazole rings is 1. The molecule has 5 aromatic rings. The van der Waals surface area contributed by atoms with Crippen LogP contribution >= 0.6 is 0 Å². The third kappa shape index (κ3) is 11.7. The van der Waals surface area contributed by atoms with Crippen molar-refractivity contribution in [3.05, 3.63) is 126 Å². The number of urea groups is 1. The maximum Gasteiger partial charge on any atom is 0.337 e. The molecule has 7 amide bonds. The van der Waals surface area contributed by atoms with E-state index in [0.29, 0.717) is 16.8 Å². The number of nitrogens with one attached hydrogen (secondary N) is 7. The normalized spacial score (nSPS) is 13.6. The Kier molecular flexibility index (Phi) is 14.1. The van der Waals surface area contributed by atoms with E-state index in [2.05, 4.69) is 41.6 Å². The lowest BCUT2D eigenvalue weighted by molar-refractivity contribution is -0.133. The molecule has 2 aromatic heterocycles. The number of primary amides is 1. The first-order chi connectivity index (χ1) is 27.4. The van der Waals surface area contributed by atoms with Gasteiger partial charge < -0.3 is 42.7 Å². The number of hydrazine groups is 1. The molecule has 0 fully saturated rings. The van der Waals surface area contributed by atoms with Gasteiger partial charge in [-0.3, -0.25) is 29.4 Å². The van der Waals surface area contributed by atoms with Crippen molar-refractivity contribution in [2.75, 3.05) is 0 Å². The van der Waals surface area contributed by atoms with Crippen LogP contribution in [0.2, 0.25) is 0 Å². The number of benzene rings is 3. The van der Waals surface area contributed by atoms with Crippen LogP contribution in [0.15, 0.2) is 104 Å². The molecule has 0 spiro atoms. The lowest BCUT2D eigenvalue weighted by Crippen LogP contribution is -2.60. The summed E-state index contributed by atoms with van der Waals surface area (Å²) in [6, 6.07) is 18.8. The minimum absolute atomic E-state index is 0.00400. The zero-order chi connectivity index (χ0) is 40.9. The van der Waals surface area contributed by atoms with Crippen molar-refractivity contribution in [3.8, 4) is 0 Å². The summed E-state index contributed by atoms with van der Waals surface area (Å²) in [6.45, 7) is 2.80. The number of hydrogen-bond acceptors (Lipinski definition) is 8. The van der Waals surface area contributed by atoms with Gasteiger partial charge in [0.1, 0.15) is 24.2 Å². The van der Waals surface area contributed by atoms with Gasteiger partial charge in [0.05, 0.1) is 18.9 Å². The first-order valence-corrected chi connectivity index (χ1v) is 18.3. The Balaban J connectivity index is 1.34. The molecule has 0 aliphatic heterocycles. The maximum absolute atomic E-state index is 14.2. The van der Waals surface area contributed by atoms with Crippen LogP contribution in [0.25, 0.3) is 10.9 Å². The van der Waals surface area contributed by atoms with Gasteiger partial charge in [-0.1, -0.05) is 78.9 Å². The molecule has 5 rings (SSSR count). The molecular weight excluding hydrogens is 731 g/mol. The van der Waals surface area contributed by atoms with Crippen molar-refractivity contribution in [1.82, 2.24) is 46.7 Å². The summed E-state index contributed by atoms with van der Waals surface area (Å²) < 4.78 is 0. The number of H-pyrrole nitrogens is 2. The molecule has 0 radical (unpaired) electrons. The Bertz CT molecular complexity index is 2140. The number of fused-ring (bicyclic) bond motifs is 1. The topological polar surface area (TPSA) is 262 Å². The number of hydrogen-bond donors (Lipinski definition) is 9. The second kappa shape index (κ2) is 19.5. The second-order valence-electron chi connectivity index (χ2n) is 13.6. The molecule has 2 heterocycles. The predicted molar refractivity (Wildman–Crippen MR) is 211 cm³/mol. The number of aromatic nitrogens is 3. The van der Waals surface area contributed by atoms with E-state index in [9.17, 15) is 28.8 Å². The highest BCUT2D eigenvalue weighted by atomic mass is 16.2. The molecule has 5 atom stereocenters. The van der Waals surface area contributed by atoms with E-state index in [4.69, 9.17) is 11.5 Å². The number of para-hydroxylation sites is 1. The molecule has 0 aliphatic rings. The van der Waals surface area contributed by atoms with Crippen LogP contribution in [0.5, 0.6) is 0 Å². The molecule has 0 aliphatic carbocycles. The van der Waals surface area contributed by atoms with E-state index in [1.165, 1.54) is 26.4 Å². The van der Waals surface area contributed by atoms with Gasteiger partial charge in [-0.05, 0) is 36.6 Å². The molecule has 0 saturated carbocycles. The summed E-state index contributed by atoms with van der Waals surface area (Å²) >= 11 is 0. The number of carbonyl (C=O) groups excluding carboxylic acids is 6. The van der Waals surface area contributed by atoms with Crippen molar-refractivity contribution in [1.29, 1.82) is 0 Å². The number of nitrogens with zero attached hydrogens (tertiary/aromatic N) is 2. The number of amides is 7. The second-order valence-corrected chi connectivity index (χ2v) is 13.6. The number of nitrogens with two attached hydrogens (primary N) is 2. The monoisotopic (exact) mass is 777 g/mol. The fraction of sp³-hybridized carbons (Fsp3) is 0.275. The summed E-state index contributed by atoms with van der Waals surface area (Å²) in [7, 11) is 0. The fourth-order valence-corrected chi connectivity index (χ4v) is 5.94. The zero-order valence-corrected chi connectivity index (χ0v) is 31.5. The van der Waals surface area contributed by atoms with Crippen LogP contribution in [-0.4, -0.2) is 85.7 Å². The van der Waals surface area contributed by atoms with Crippen LogP contribution in [0, 0.1) is 0 Å². The summed E-state index contributed by atoms with van der Waals surface area (Å²) in [4.78, 5) is 90.0. The van der Waals surface area contributed by atoms with Crippen LogP contribution in [0.1, 0.15) is 36.2 Å². The quantitative estimate of drug-likeness (QED) is 0.0610. The van der Waals surface area contributed by atoms with Gasteiger partial charge in [-0.25, -0.2) is 14.8 Å². The zero-order valence-electron chi connectivity index (χ0n) is 31.5. The molecule has 0 bridgehead atoms. The van der Waals surface area contributed by atoms with Crippen LogP contribution in [0.4, 0.5) is 4.79 Å². The molecule has 17 heteroatoms. The minimum atomic E-state index is -1.24. The van der Waals surface area contributed by atoms with Crippen molar-refractivity contribution < 1.29 is 28.8 Å². The van der Waals surface area contributed by atoms with E-state index in [1.54, 1.807) is 60.8 Å². The standard InChI is InChI=1S/C40H47N11O6/c1-24(35(42)52)46-38(55)33(17-26-11-5-3-6-12-26)49-39(56)34(18-28-20-44-32-16-10-9-15-30(28)32)48-36(53)25(2)47-40(57)51(22-27-13-7-4-8-14-27)50-37(54)31(41)19-29-21-43-23-45-29/h3-16,20-21,23-25,31,33-34,44H,17-19,22,41H2,1-2H3,(H2,42,52)(H,43,45)(H,46,55)(H,47,57)(H,48,53)(H,49,56)(H,50,54)/t24-,25-,31?,33+,34-/m0/s1. The minimum Gasteiger partial charge on any atom is -0.368 e. The lowest BCUT2D eigenvalue weighted by atomic mass is 10.0. The Morgan fingerprint density at radius 3 is 1.96 bits per heavy atom. The molecular formula is C40H47N11O6. The molecule has 0 saturated heterocycles. The van der Waals surface area contributed by atoms with E-state index >= 15 is 0 Å². The molecule has 57 heavy (non-hydrogen) atoms.